The maximum Gasteiger partial charge on any atom is 0.513 e. The van der Waals surface area contributed by atoms with Crippen molar-refractivity contribution in [2.24, 2.45) is 0 Å². The van der Waals surface area contributed by atoms with Crippen LogP contribution in [0.25, 0.3) is 11.1 Å². The second-order valence-electron chi connectivity index (χ2n) is 7.33. The fourth-order valence-electron chi connectivity index (χ4n) is 4.02. The molecule has 1 N–H and O–H groups in total. The molecule has 2 aromatic carbocycles. The van der Waals surface area contributed by atoms with Crippen molar-refractivity contribution in [3.63, 3.8) is 0 Å². The molecule has 0 heterocycles. The minimum atomic E-state index is -0.866. The van der Waals surface area contributed by atoms with E-state index in [2.05, 4.69) is 5.32 Å². The van der Waals surface area contributed by atoms with Crippen LogP contribution in [0, 0.1) is 0 Å². The summed E-state index contributed by atoms with van der Waals surface area (Å²) in [6.45, 7) is 3.26. The van der Waals surface area contributed by atoms with Gasteiger partial charge in [0.25, 0.3) is 0 Å². The third kappa shape index (κ3) is 4.87. The van der Waals surface area contributed by atoms with Crippen LogP contribution >= 0.6 is 0 Å². The van der Waals surface area contributed by atoms with Crippen molar-refractivity contribution >= 4 is 12.1 Å². The summed E-state index contributed by atoms with van der Waals surface area (Å²) in [6, 6.07) is 6.06. The van der Waals surface area contributed by atoms with E-state index < -0.39 is 12.2 Å². The van der Waals surface area contributed by atoms with E-state index >= 15 is 0 Å². The molecule has 33 heavy (non-hydrogen) atoms. The average Bonchev–Trinajstić information content (AvgIpc) is 3.01. The molecule has 0 saturated carbocycles. The van der Waals surface area contributed by atoms with Crippen LogP contribution in [0.1, 0.15) is 37.4 Å². The predicted octanol–water partition coefficient (Wildman–Crippen LogP) is 3.40. The molecule has 0 fully saturated rings. The number of methoxy groups -OCH3 is 3. The van der Waals surface area contributed by atoms with E-state index in [-0.39, 0.29) is 35.2 Å². The number of carbonyl (C=O) groups excluding carboxylic acids is 2. The van der Waals surface area contributed by atoms with Crippen LogP contribution in [0.5, 0.6) is 23.0 Å². The van der Waals surface area contributed by atoms with Crippen molar-refractivity contribution in [2.75, 3.05) is 27.9 Å². The zero-order valence-corrected chi connectivity index (χ0v) is 19.3. The lowest BCUT2D eigenvalue weighted by Crippen LogP contribution is -2.26. The van der Waals surface area contributed by atoms with Crippen LogP contribution in [0.15, 0.2) is 29.1 Å². The molecule has 0 unspecified atom stereocenters. The Morgan fingerprint density at radius 1 is 1.03 bits per heavy atom. The van der Waals surface area contributed by atoms with Crippen molar-refractivity contribution in [3.8, 4) is 34.1 Å². The quantitative estimate of drug-likeness (QED) is 0.519. The Hall–Kier alpha value is -3.75. The van der Waals surface area contributed by atoms with Crippen molar-refractivity contribution in [3.05, 3.63) is 45.6 Å². The van der Waals surface area contributed by atoms with Gasteiger partial charge in [-0.3, -0.25) is 9.59 Å². The second kappa shape index (κ2) is 10.2. The standard InChI is InChI=1S/C24H27NO8/c1-6-32-24(28)33-20-11-14-7-9-17(25-13(2)26)16-12-18(27)19(29-3)10-8-15(16)21(14)23(31-5)22(20)30-4/h8,10-12,17H,6-7,9H2,1-5H3,(H,25,26)/t17-/m0/s1. The number of rotatable bonds is 6. The Morgan fingerprint density at radius 2 is 1.76 bits per heavy atom. The van der Waals surface area contributed by atoms with E-state index in [1.807, 2.05) is 0 Å². The summed E-state index contributed by atoms with van der Waals surface area (Å²) in [5.74, 6) is 0.622. The van der Waals surface area contributed by atoms with Crippen LogP contribution in [0.3, 0.4) is 0 Å². The van der Waals surface area contributed by atoms with Crippen molar-refractivity contribution in [1.82, 2.24) is 5.32 Å². The molecule has 0 aromatic heterocycles. The topological polar surface area (TPSA) is 109 Å². The average molecular weight is 457 g/mol. The molecule has 0 bridgehead atoms. The van der Waals surface area contributed by atoms with Crippen LogP contribution in [-0.4, -0.2) is 40.0 Å². The van der Waals surface area contributed by atoms with Crippen LogP contribution in [0.4, 0.5) is 4.79 Å². The molecule has 0 saturated heterocycles. The van der Waals surface area contributed by atoms with E-state index in [1.165, 1.54) is 34.3 Å². The second-order valence-corrected chi connectivity index (χ2v) is 7.33. The number of carbonyl (C=O) groups is 2. The fourth-order valence-corrected chi connectivity index (χ4v) is 4.02. The summed E-state index contributed by atoms with van der Waals surface area (Å²) in [4.78, 5) is 36.7. The number of ether oxygens (including phenoxy) is 5. The number of benzene rings is 1. The van der Waals surface area contributed by atoms with Gasteiger partial charge in [0.05, 0.1) is 34.0 Å². The van der Waals surface area contributed by atoms with E-state index in [0.29, 0.717) is 35.3 Å². The summed E-state index contributed by atoms with van der Waals surface area (Å²) >= 11 is 0. The van der Waals surface area contributed by atoms with E-state index in [9.17, 15) is 14.4 Å². The first-order valence-corrected chi connectivity index (χ1v) is 10.5. The molecule has 1 amide bonds. The van der Waals surface area contributed by atoms with Gasteiger partial charge in [0, 0.05) is 12.5 Å². The maximum absolute atomic E-state index is 12.7. The number of aryl methyl sites for hydroxylation is 1. The molecule has 9 nitrogen and oxygen atoms in total. The summed E-state index contributed by atoms with van der Waals surface area (Å²) in [6.07, 6.45) is 0.138. The van der Waals surface area contributed by atoms with E-state index in [4.69, 9.17) is 23.7 Å². The van der Waals surface area contributed by atoms with Crippen LogP contribution in [0.2, 0.25) is 0 Å². The highest BCUT2D eigenvalue weighted by Gasteiger charge is 2.30. The number of nitrogens with one attached hydrogen (secondary N) is 1. The normalized spacial score (nSPS) is 14.2. The van der Waals surface area contributed by atoms with Crippen molar-refractivity contribution < 1.29 is 33.3 Å². The fraction of sp³-hybridized carbons (Fsp3) is 0.375. The first-order valence-electron chi connectivity index (χ1n) is 10.5. The molecule has 0 radical (unpaired) electrons. The molecule has 0 spiro atoms. The molecule has 176 valence electrons. The first kappa shape index (κ1) is 23.9. The van der Waals surface area contributed by atoms with Gasteiger partial charge in [0.15, 0.2) is 17.2 Å². The monoisotopic (exact) mass is 457 g/mol. The molecule has 9 heteroatoms. The van der Waals surface area contributed by atoms with Gasteiger partial charge in [-0.15, -0.1) is 0 Å². The summed E-state index contributed by atoms with van der Waals surface area (Å²) in [7, 11) is 4.33. The molecule has 1 aliphatic rings. The van der Waals surface area contributed by atoms with E-state index in [1.54, 1.807) is 25.1 Å². The Kier molecular flexibility index (Phi) is 7.42. The Morgan fingerprint density at radius 3 is 2.36 bits per heavy atom. The molecular weight excluding hydrogens is 430 g/mol. The van der Waals surface area contributed by atoms with Gasteiger partial charge in [-0.25, -0.2) is 4.79 Å². The highest BCUT2D eigenvalue weighted by atomic mass is 16.7. The molecule has 2 aromatic rings. The SMILES string of the molecule is CCOC(=O)Oc1cc2c(c(OC)c1OC)-c1ccc(OC)c(=O)cc1[C@@H](NC(C)=O)CC2. The summed E-state index contributed by atoms with van der Waals surface area (Å²) in [5, 5.41) is 2.92. The number of fused-ring (bicyclic) bond motifs is 3. The lowest BCUT2D eigenvalue weighted by atomic mass is 9.95. The highest BCUT2D eigenvalue weighted by molar-refractivity contribution is 5.84. The van der Waals surface area contributed by atoms with Gasteiger partial charge in [0.1, 0.15) is 0 Å². The number of amides is 1. The smallest absolute Gasteiger partial charge is 0.493 e. The van der Waals surface area contributed by atoms with Gasteiger partial charge in [-0.2, -0.15) is 0 Å². The largest absolute Gasteiger partial charge is 0.513 e. The number of hydrogen-bond donors (Lipinski definition) is 1. The van der Waals surface area contributed by atoms with Gasteiger partial charge >= 0.3 is 6.16 Å². The number of hydrogen-bond acceptors (Lipinski definition) is 8. The lowest BCUT2D eigenvalue weighted by Gasteiger charge is -2.19. The Balaban J connectivity index is 2.33. The van der Waals surface area contributed by atoms with Gasteiger partial charge in [-0.1, -0.05) is 6.07 Å². The van der Waals surface area contributed by atoms with Crippen molar-refractivity contribution in [1.29, 1.82) is 0 Å². The molecule has 1 aliphatic carbocycles. The minimum Gasteiger partial charge on any atom is -0.493 e. The molecule has 3 rings (SSSR count). The van der Waals surface area contributed by atoms with E-state index in [0.717, 1.165) is 5.56 Å². The third-order valence-corrected chi connectivity index (χ3v) is 5.33. The van der Waals surface area contributed by atoms with Crippen LogP contribution in [-0.2, 0) is 16.0 Å². The van der Waals surface area contributed by atoms with Gasteiger partial charge < -0.3 is 29.0 Å². The Bertz CT molecular complexity index is 1130. The van der Waals surface area contributed by atoms with Gasteiger partial charge in [0.2, 0.25) is 17.1 Å². The zero-order valence-electron chi connectivity index (χ0n) is 19.3. The maximum atomic E-state index is 12.7. The molecule has 1 atom stereocenters. The molecule has 0 aliphatic heterocycles. The minimum absolute atomic E-state index is 0.147. The Labute approximate surface area is 191 Å². The molecular formula is C24H27NO8. The zero-order chi connectivity index (χ0) is 24.1. The lowest BCUT2D eigenvalue weighted by molar-refractivity contribution is -0.119. The summed E-state index contributed by atoms with van der Waals surface area (Å²) < 4.78 is 26.7. The highest BCUT2D eigenvalue weighted by Crippen LogP contribution is 2.50. The van der Waals surface area contributed by atoms with Gasteiger partial charge in [-0.05, 0) is 54.7 Å². The third-order valence-electron chi connectivity index (χ3n) is 5.33. The van der Waals surface area contributed by atoms with Crippen LogP contribution < -0.4 is 29.7 Å². The van der Waals surface area contributed by atoms with Crippen molar-refractivity contribution in [2.45, 2.75) is 32.7 Å². The summed E-state index contributed by atoms with van der Waals surface area (Å²) in [5.41, 5.74) is 2.44. The first-order chi connectivity index (χ1) is 15.8. The predicted molar refractivity (Wildman–Crippen MR) is 120 cm³/mol.